The van der Waals surface area contributed by atoms with Crippen molar-refractivity contribution in [3.63, 3.8) is 0 Å². The molecule has 5 aromatic rings. The Labute approximate surface area is 183 Å². The van der Waals surface area contributed by atoms with Crippen LogP contribution in [0.2, 0.25) is 0 Å². The Kier molecular flexibility index (Phi) is 4.67. The summed E-state index contributed by atoms with van der Waals surface area (Å²) >= 11 is 0. The number of carbonyl (C=O) groups excluding carboxylic acids is 1. The predicted octanol–water partition coefficient (Wildman–Crippen LogP) is 3.68. The number of pyridine rings is 1. The summed E-state index contributed by atoms with van der Waals surface area (Å²) in [5.74, 6) is -0.274. The summed E-state index contributed by atoms with van der Waals surface area (Å²) in [5.41, 5.74) is 4.44. The second-order valence-electron chi connectivity index (χ2n) is 7.47. The summed E-state index contributed by atoms with van der Waals surface area (Å²) in [4.78, 5) is 32.7. The fourth-order valence-corrected chi connectivity index (χ4v) is 3.84. The van der Waals surface area contributed by atoms with Crippen LogP contribution in [0.5, 0.6) is 0 Å². The third-order valence-electron chi connectivity index (χ3n) is 5.31. The molecule has 0 saturated carbocycles. The Bertz CT molecular complexity index is 1510. The van der Waals surface area contributed by atoms with Gasteiger partial charge < -0.3 is 10.3 Å². The van der Waals surface area contributed by atoms with Gasteiger partial charge in [-0.3, -0.25) is 14.0 Å². The number of nitrogens with one attached hydrogen (secondary N) is 2. The van der Waals surface area contributed by atoms with E-state index in [1.54, 1.807) is 47.4 Å². The highest BCUT2D eigenvalue weighted by Gasteiger charge is 2.19. The lowest BCUT2D eigenvalue weighted by Gasteiger charge is -2.11. The summed E-state index contributed by atoms with van der Waals surface area (Å²) in [6.07, 6.45) is 3.21. The quantitative estimate of drug-likeness (QED) is 0.460. The molecule has 0 radical (unpaired) electrons. The summed E-state index contributed by atoms with van der Waals surface area (Å²) in [6, 6.07) is 18.6. The number of H-pyrrole nitrogens is 1. The molecule has 0 spiro atoms. The van der Waals surface area contributed by atoms with Crippen LogP contribution < -0.4 is 11.0 Å². The molecule has 1 amide bonds. The molecule has 5 rings (SSSR count). The zero-order chi connectivity index (χ0) is 22.2. The number of aromatic amines is 1. The first-order valence-corrected chi connectivity index (χ1v) is 10.1. The van der Waals surface area contributed by atoms with Gasteiger partial charge in [0.1, 0.15) is 0 Å². The third kappa shape index (κ3) is 3.37. The van der Waals surface area contributed by atoms with E-state index in [1.807, 2.05) is 44.3 Å². The van der Waals surface area contributed by atoms with E-state index >= 15 is 0 Å². The van der Waals surface area contributed by atoms with Gasteiger partial charge in [0.05, 0.1) is 28.0 Å². The molecular formula is C24H20N6O2. The number of fused-ring (bicyclic) bond motifs is 1. The van der Waals surface area contributed by atoms with Crippen LogP contribution in [-0.4, -0.2) is 30.2 Å². The van der Waals surface area contributed by atoms with Crippen LogP contribution in [0.3, 0.4) is 0 Å². The summed E-state index contributed by atoms with van der Waals surface area (Å²) in [7, 11) is 1.82. The Morgan fingerprint density at radius 1 is 1.06 bits per heavy atom. The molecule has 2 aromatic carbocycles. The van der Waals surface area contributed by atoms with E-state index in [-0.39, 0.29) is 11.6 Å². The number of nitrogens with zero attached hydrogens (tertiary/aromatic N) is 4. The van der Waals surface area contributed by atoms with E-state index in [2.05, 4.69) is 15.4 Å². The van der Waals surface area contributed by atoms with Gasteiger partial charge in [-0.2, -0.15) is 5.10 Å². The molecular weight excluding hydrogens is 404 g/mol. The van der Waals surface area contributed by atoms with Crippen LogP contribution in [0.25, 0.3) is 28.0 Å². The van der Waals surface area contributed by atoms with Crippen LogP contribution in [0.4, 0.5) is 5.69 Å². The van der Waals surface area contributed by atoms with Crippen molar-refractivity contribution in [1.82, 2.24) is 24.3 Å². The molecule has 8 heteroatoms. The van der Waals surface area contributed by atoms with Gasteiger partial charge >= 0.3 is 5.69 Å². The lowest BCUT2D eigenvalue weighted by Crippen LogP contribution is -2.16. The molecule has 0 unspecified atom stereocenters. The first-order chi connectivity index (χ1) is 15.5. The molecule has 0 aliphatic carbocycles. The first-order valence-electron chi connectivity index (χ1n) is 10.1. The average Bonchev–Trinajstić information content (AvgIpc) is 3.36. The lowest BCUT2D eigenvalue weighted by atomic mass is 10.0. The fraction of sp³-hybridized carbons (Fsp3) is 0.0833. The van der Waals surface area contributed by atoms with E-state index in [1.165, 1.54) is 4.57 Å². The molecule has 32 heavy (non-hydrogen) atoms. The molecule has 0 bridgehead atoms. The number of rotatable bonds is 4. The second-order valence-corrected chi connectivity index (χ2v) is 7.47. The SMILES string of the molecule is Cc1nn(C)c2nc(-c3ccccc3)cc(C(=O)Nc3cccc(-n4cc[nH]c4=O)c3)c12. The van der Waals surface area contributed by atoms with Crippen molar-refractivity contribution in [1.29, 1.82) is 0 Å². The van der Waals surface area contributed by atoms with E-state index in [0.29, 0.717) is 33.7 Å². The van der Waals surface area contributed by atoms with Gasteiger partial charge in [0.25, 0.3) is 5.91 Å². The smallest absolute Gasteiger partial charge is 0.322 e. The van der Waals surface area contributed by atoms with Gasteiger partial charge in [0.15, 0.2) is 5.65 Å². The highest BCUT2D eigenvalue weighted by Crippen LogP contribution is 2.27. The summed E-state index contributed by atoms with van der Waals surface area (Å²) < 4.78 is 3.16. The zero-order valence-electron chi connectivity index (χ0n) is 17.5. The molecule has 3 aromatic heterocycles. The van der Waals surface area contributed by atoms with Crippen LogP contribution in [0.15, 0.2) is 77.9 Å². The maximum atomic E-state index is 13.4. The number of amides is 1. The van der Waals surface area contributed by atoms with Crippen molar-refractivity contribution in [3.8, 4) is 16.9 Å². The number of aryl methyl sites for hydroxylation is 2. The molecule has 0 atom stereocenters. The normalized spacial score (nSPS) is 11.1. The molecule has 158 valence electrons. The predicted molar refractivity (Wildman–Crippen MR) is 123 cm³/mol. The van der Waals surface area contributed by atoms with Crippen molar-refractivity contribution < 1.29 is 4.79 Å². The first kappa shape index (κ1) is 19.5. The Morgan fingerprint density at radius 3 is 2.62 bits per heavy atom. The Hall–Kier alpha value is -4.46. The minimum absolute atomic E-state index is 0.247. The van der Waals surface area contributed by atoms with Gasteiger partial charge in [-0.1, -0.05) is 36.4 Å². The second kappa shape index (κ2) is 7.66. The van der Waals surface area contributed by atoms with Crippen LogP contribution in [-0.2, 0) is 7.05 Å². The standard InChI is InChI=1S/C24H20N6O2/c1-15-21-19(14-20(16-7-4-3-5-8-16)27-22(21)29(2)28-15)23(31)26-17-9-6-10-18(13-17)30-12-11-25-24(30)32/h3-14H,1-2H3,(H,25,32)(H,26,31). The highest BCUT2D eigenvalue weighted by atomic mass is 16.2. The van der Waals surface area contributed by atoms with Crippen molar-refractivity contribution in [2.75, 3.05) is 5.32 Å². The number of hydrogen-bond donors (Lipinski definition) is 2. The molecule has 0 aliphatic rings. The largest absolute Gasteiger partial charge is 0.330 e. The van der Waals surface area contributed by atoms with Crippen LogP contribution in [0.1, 0.15) is 16.1 Å². The van der Waals surface area contributed by atoms with Crippen LogP contribution >= 0.6 is 0 Å². The van der Waals surface area contributed by atoms with Crippen molar-refractivity contribution in [2.24, 2.45) is 7.05 Å². The number of imidazole rings is 1. The third-order valence-corrected chi connectivity index (χ3v) is 5.31. The van der Waals surface area contributed by atoms with Gasteiger partial charge in [0, 0.05) is 30.7 Å². The van der Waals surface area contributed by atoms with E-state index in [9.17, 15) is 9.59 Å². The Morgan fingerprint density at radius 2 is 1.88 bits per heavy atom. The highest BCUT2D eigenvalue weighted by molar-refractivity contribution is 6.13. The zero-order valence-corrected chi connectivity index (χ0v) is 17.5. The molecule has 0 aliphatic heterocycles. The number of hydrogen-bond acceptors (Lipinski definition) is 4. The van der Waals surface area contributed by atoms with Gasteiger partial charge in [-0.25, -0.2) is 9.78 Å². The maximum Gasteiger partial charge on any atom is 0.330 e. The molecule has 0 fully saturated rings. The minimum Gasteiger partial charge on any atom is -0.322 e. The molecule has 3 heterocycles. The topological polar surface area (TPSA) is 97.6 Å². The van der Waals surface area contributed by atoms with Crippen molar-refractivity contribution in [2.45, 2.75) is 6.92 Å². The maximum absolute atomic E-state index is 13.4. The summed E-state index contributed by atoms with van der Waals surface area (Å²) in [6.45, 7) is 1.86. The number of aromatic nitrogens is 5. The number of anilines is 1. The molecule has 2 N–H and O–H groups in total. The van der Waals surface area contributed by atoms with Crippen molar-refractivity contribution >= 4 is 22.6 Å². The van der Waals surface area contributed by atoms with E-state index in [0.717, 1.165) is 11.3 Å². The number of benzene rings is 2. The lowest BCUT2D eigenvalue weighted by molar-refractivity contribution is 0.102. The minimum atomic E-state index is -0.274. The monoisotopic (exact) mass is 424 g/mol. The molecule has 8 nitrogen and oxygen atoms in total. The van der Waals surface area contributed by atoms with Crippen molar-refractivity contribution in [3.05, 3.63) is 94.8 Å². The summed E-state index contributed by atoms with van der Waals surface area (Å²) in [5, 5.41) is 8.13. The number of carbonyl (C=O) groups is 1. The van der Waals surface area contributed by atoms with Gasteiger partial charge in [0.2, 0.25) is 0 Å². The fourth-order valence-electron chi connectivity index (χ4n) is 3.84. The van der Waals surface area contributed by atoms with Crippen LogP contribution in [0, 0.1) is 6.92 Å². The average molecular weight is 424 g/mol. The van der Waals surface area contributed by atoms with E-state index < -0.39 is 0 Å². The van der Waals surface area contributed by atoms with Gasteiger partial charge in [-0.15, -0.1) is 0 Å². The molecule has 0 saturated heterocycles. The Balaban J connectivity index is 1.58. The van der Waals surface area contributed by atoms with E-state index in [4.69, 9.17) is 4.98 Å². The van der Waals surface area contributed by atoms with Gasteiger partial charge in [-0.05, 0) is 31.2 Å².